The number of nitrogens with zero attached hydrogens (tertiary/aromatic N) is 2. The van der Waals surface area contributed by atoms with E-state index < -0.39 is 21.0 Å². The fourth-order valence-electron chi connectivity index (χ4n) is 0.393. The van der Waals surface area contributed by atoms with Crippen LogP contribution in [0.1, 0.15) is 8.22 Å². The average Bonchev–Trinajstić information content (AvgIpc) is 2.49. The molecule has 0 atom stereocenters. The van der Waals surface area contributed by atoms with Crippen LogP contribution in [0, 0.1) is 0 Å². The maximum Gasteiger partial charge on any atom is 0.197 e. The van der Waals surface area contributed by atoms with E-state index in [-0.39, 0.29) is 5.51 Å². The van der Waals surface area contributed by atoms with Gasteiger partial charge in [0.25, 0.3) is 0 Å². The highest BCUT2D eigenvalue weighted by Crippen LogP contribution is 1.97. The quantitative estimate of drug-likeness (QED) is 0.548. The van der Waals surface area contributed by atoms with Gasteiger partial charge in [-0.05, 0) is 0 Å². The van der Waals surface area contributed by atoms with E-state index in [1.54, 1.807) is 0 Å². The highest BCUT2D eigenvalue weighted by Gasteiger charge is 2.22. The topological polar surface area (TPSA) is 38.9 Å². The summed E-state index contributed by atoms with van der Waals surface area (Å²) in [4.78, 5) is 3.59. The molecule has 4 heteroatoms. The van der Waals surface area contributed by atoms with Gasteiger partial charge < -0.3 is 4.52 Å². The lowest BCUT2D eigenvalue weighted by Crippen LogP contribution is -2.38. The Morgan fingerprint density at radius 2 is 2.56 bits per heavy atom. The molecule has 1 rings (SSSR count). The predicted octanol–water partition coefficient (Wildman–Crippen LogP) is 0.615. The van der Waals surface area contributed by atoms with Gasteiger partial charge in [0.15, 0.2) is 19.9 Å². The van der Waals surface area contributed by atoms with Crippen LogP contribution in [-0.4, -0.2) is 18.2 Å². The third-order valence-corrected chi connectivity index (χ3v) is 1.86. The third kappa shape index (κ3) is 1.38. The summed E-state index contributed by atoms with van der Waals surface area (Å²) in [5, 5.41) is 3.26. The zero-order valence-electron chi connectivity index (χ0n) is 10.9. The molecule has 3 nitrogen and oxygen atoms in total. The van der Waals surface area contributed by atoms with Crippen LogP contribution < -0.4 is 5.51 Å². The molecule has 0 aromatic carbocycles. The van der Waals surface area contributed by atoms with E-state index in [0.717, 1.165) is 6.33 Å². The lowest BCUT2D eigenvalue weighted by molar-refractivity contribution is 0.442. The molecule has 0 aliphatic heterocycles. The molecule has 0 fully saturated rings. The molecular weight excluding hydrogens is 132 g/mol. The van der Waals surface area contributed by atoms with Crippen molar-refractivity contribution in [1.82, 2.24) is 10.1 Å². The van der Waals surface area contributed by atoms with Crippen molar-refractivity contribution in [3.05, 3.63) is 6.33 Å². The molecule has 1 aromatic heterocycles. The van der Waals surface area contributed by atoms with Gasteiger partial charge in [0.2, 0.25) is 0 Å². The molecule has 0 saturated carbocycles. The molecule has 0 spiro atoms. The summed E-state index contributed by atoms with van der Waals surface area (Å²) < 4.78 is 48.6. The SMILES string of the molecule is [2H]C([2H])([2H])[Si](C)(c1ncno1)C([2H])([2H])[2H]. The zero-order chi connectivity index (χ0) is 11.9. The minimum absolute atomic E-state index is 0.262. The first-order valence-corrected chi connectivity index (χ1v) is 4.88. The van der Waals surface area contributed by atoms with E-state index in [9.17, 15) is 0 Å². The molecule has 50 valence electrons. The van der Waals surface area contributed by atoms with Crippen molar-refractivity contribution in [1.29, 1.82) is 0 Å². The Kier molecular flexibility index (Phi) is 0.475. The van der Waals surface area contributed by atoms with E-state index in [4.69, 9.17) is 8.22 Å². The van der Waals surface area contributed by atoms with Gasteiger partial charge in [0.1, 0.15) is 0 Å². The Hall–Kier alpha value is -0.643. The van der Waals surface area contributed by atoms with Gasteiger partial charge in [-0.2, -0.15) is 0 Å². The maximum absolute atomic E-state index is 7.32. The second kappa shape index (κ2) is 1.95. The van der Waals surface area contributed by atoms with E-state index in [2.05, 4.69) is 14.7 Å². The van der Waals surface area contributed by atoms with Crippen LogP contribution in [0.2, 0.25) is 19.5 Å². The van der Waals surface area contributed by atoms with Crippen molar-refractivity contribution < 1.29 is 12.7 Å². The molecule has 0 aliphatic rings. The Balaban J connectivity index is 3.33. The van der Waals surface area contributed by atoms with Gasteiger partial charge in [0, 0.05) is 8.22 Å². The van der Waals surface area contributed by atoms with Gasteiger partial charge >= 0.3 is 0 Å². The van der Waals surface area contributed by atoms with E-state index in [0.29, 0.717) is 0 Å². The molecule has 1 aromatic rings. The molecule has 0 radical (unpaired) electrons. The van der Waals surface area contributed by atoms with Crippen molar-refractivity contribution in [2.24, 2.45) is 0 Å². The monoisotopic (exact) mass is 148 g/mol. The zero-order valence-corrected chi connectivity index (χ0v) is 5.88. The van der Waals surface area contributed by atoms with E-state index in [1.165, 1.54) is 6.55 Å². The largest absolute Gasteiger partial charge is 0.346 e. The summed E-state index contributed by atoms with van der Waals surface area (Å²) in [5.41, 5.74) is -0.262. The van der Waals surface area contributed by atoms with Gasteiger partial charge in [-0.3, -0.25) is 0 Å². The van der Waals surface area contributed by atoms with Crippen LogP contribution in [0.15, 0.2) is 10.9 Å². The van der Waals surface area contributed by atoms with Crippen LogP contribution in [0.25, 0.3) is 0 Å². The van der Waals surface area contributed by atoms with Crippen LogP contribution in [-0.2, 0) is 0 Å². The minimum atomic E-state index is -3.82. The normalized spacial score (nSPS) is 24.6. The Morgan fingerprint density at radius 1 is 1.78 bits per heavy atom. The van der Waals surface area contributed by atoms with Crippen molar-refractivity contribution in [3.63, 3.8) is 0 Å². The highest BCUT2D eigenvalue weighted by molar-refractivity contribution is 6.87. The molecular formula is C5H10N2OSi. The van der Waals surface area contributed by atoms with Crippen molar-refractivity contribution in [2.75, 3.05) is 0 Å². The average molecular weight is 148 g/mol. The minimum Gasteiger partial charge on any atom is -0.346 e. The lowest BCUT2D eigenvalue weighted by Gasteiger charge is -2.06. The second-order valence-electron chi connectivity index (χ2n) is 1.87. The Bertz CT molecular complexity index is 316. The molecule has 0 N–H and O–H groups in total. The van der Waals surface area contributed by atoms with Crippen molar-refractivity contribution in [3.8, 4) is 0 Å². The summed E-state index contributed by atoms with van der Waals surface area (Å²) >= 11 is 0. The fraction of sp³-hybridized carbons (Fsp3) is 0.600. The summed E-state index contributed by atoms with van der Waals surface area (Å²) in [6, 6.07) is 0. The summed E-state index contributed by atoms with van der Waals surface area (Å²) in [7, 11) is -3.82. The van der Waals surface area contributed by atoms with Gasteiger partial charge in [-0.25, -0.2) is 4.98 Å². The van der Waals surface area contributed by atoms with Crippen LogP contribution in [0.5, 0.6) is 0 Å². The first-order chi connectivity index (χ1) is 6.61. The number of hydrogen-bond acceptors (Lipinski definition) is 3. The van der Waals surface area contributed by atoms with Crippen LogP contribution in [0.3, 0.4) is 0 Å². The Morgan fingerprint density at radius 3 is 3.00 bits per heavy atom. The number of hydrogen-bond donors (Lipinski definition) is 0. The number of rotatable bonds is 1. The van der Waals surface area contributed by atoms with Crippen LogP contribution >= 0.6 is 0 Å². The first kappa shape index (κ1) is 2.19. The molecule has 0 amide bonds. The van der Waals surface area contributed by atoms with E-state index >= 15 is 0 Å². The van der Waals surface area contributed by atoms with Gasteiger partial charge in [-0.15, -0.1) is 0 Å². The summed E-state index contributed by atoms with van der Waals surface area (Å²) in [6.45, 7) is -4.00. The van der Waals surface area contributed by atoms with Crippen LogP contribution in [0.4, 0.5) is 0 Å². The lowest BCUT2D eigenvalue weighted by atomic mass is 11.3. The Labute approximate surface area is 63.5 Å². The second-order valence-corrected chi connectivity index (χ2v) is 4.55. The first-order valence-electron chi connectivity index (χ1n) is 5.38. The molecule has 9 heavy (non-hydrogen) atoms. The smallest absolute Gasteiger partial charge is 0.197 e. The van der Waals surface area contributed by atoms with Crippen molar-refractivity contribution >= 4 is 13.6 Å². The molecule has 0 bridgehead atoms. The maximum atomic E-state index is 7.32. The van der Waals surface area contributed by atoms with Crippen molar-refractivity contribution in [2.45, 2.75) is 19.5 Å². The molecule has 1 heterocycles. The molecule has 0 saturated heterocycles. The standard InChI is InChI=1S/C5H10N2OSi/c1-9(2,3)5-6-4-7-8-5/h4H,1-3H3/i1D3,2D3. The third-order valence-electron chi connectivity index (χ3n) is 0.789. The number of aromatic nitrogens is 2. The van der Waals surface area contributed by atoms with Gasteiger partial charge in [-0.1, -0.05) is 24.7 Å². The molecule has 0 unspecified atom stereocenters. The molecule has 0 aliphatic carbocycles. The van der Waals surface area contributed by atoms with E-state index in [1.807, 2.05) is 0 Å². The highest BCUT2D eigenvalue weighted by atomic mass is 28.3. The summed E-state index contributed by atoms with van der Waals surface area (Å²) in [6.07, 6.45) is 1.01. The fourth-order valence-corrected chi connectivity index (χ4v) is 0.945. The van der Waals surface area contributed by atoms with Gasteiger partial charge in [0.05, 0.1) is 0 Å². The summed E-state index contributed by atoms with van der Waals surface area (Å²) in [5.74, 6) is 0. The predicted molar refractivity (Wildman–Crippen MR) is 37.3 cm³/mol.